The first-order valence-electron chi connectivity index (χ1n) is 11.2. The van der Waals surface area contributed by atoms with E-state index in [-0.39, 0.29) is 35.0 Å². The van der Waals surface area contributed by atoms with E-state index >= 15 is 0 Å². The second-order valence-corrected chi connectivity index (χ2v) is 9.49. The SMILES string of the molecule is C.CC.CC.Cc1sc(NC(=O)C(N)CC(=O)OC(C)(C)C)c(C(=O)c2ccc(Cl)cc2F)c1C. The molecular formula is C26H40ClFN2O4S. The van der Waals surface area contributed by atoms with Gasteiger partial charge in [0.2, 0.25) is 5.91 Å². The fourth-order valence-corrected chi connectivity index (χ4v) is 3.88. The Bertz CT molecular complexity index is 1000. The summed E-state index contributed by atoms with van der Waals surface area (Å²) in [7, 11) is 0. The Hall–Kier alpha value is -2.29. The molecule has 3 N–H and O–H groups in total. The monoisotopic (exact) mass is 530 g/mol. The summed E-state index contributed by atoms with van der Waals surface area (Å²) >= 11 is 6.94. The van der Waals surface area contributed by atoms with Crippen LogP contribution in [0.15, 0.2) is 18.2 Å². The number of carbonyl (C=O) groups excluding carboxylic acids is 3. The summed E-state index contributed by atoms with van der Waals surface area (Å²) in [5.74, 6) is -2.59. The van der Waals surface area contributed by atoms with Crippen molar-refractivity contribution >= 4 is 45.6 Å². The fourth-order valence-electron chi connectivity index (χ4n) is 2.66. The zero-order valence-corrected chi connectivity index (χ0v) is 23.0. The zero-order valence-electron chi connectivity index (χ0n) is 21.4. The summed E-state index contributed by atoms with van der Waals surface area (Å²) in [6.07, 6.45) is -0.318. The van der Waals surface area contributed by atoms with Crippen LogP contribution in [0.2, 0.25) is 5.02 Å². The van der Waals surface area contributed by atoms with Gasteiger partial charge in [0.1, 0.15) is 16.4 Å². The van der Waals surface area contributed by atoms with Crippen LogP contribution in [-0.2, 0) is 14.3 Å². The third kappa shape index (κ3) is 10.5. The number of hydrogen-bond acceptors (Lipinski definition) is 6. The quantitative estimate of drug-likeness (QED) is 0.307. The van der Waals surface area contributed by atoms with Crippen molar-refractivity contribution in [1.29, 1.82) is 0 Å². The van der Waals surface area contributed by atoms with E-state index in [1.54, 1.807) is 34.6 Å². The number of nitrogens with two attached hydrogens (primary N) is 1. The molecule has 0 bridgehead atoms. The molecule has 9 heteroatoms. The molecule has 1 atom stereocenters. The highest BCUT2D eigenvalue weighted by molar-refractivity contribution is 7.16. The molecule has 0 fully saturated rings. The number of ether oxygens (including phenoxy) is 1. The van der Waals surface area contributed by atoms with E-state index in [1.807, 2.05) is 27.7 Å². The first-order chi connectivity index (χ1) is 15.8. The summed E-state index contributed by atoms with van der Waals surface area (Å²) in [6.45, 7) is 16.6. The molecule has 0 radical (unpaired) electrons. The predicted octanol–water partition coefficient (Wildman–Crippen LogP) is 7.07. The summed E-state index contributed by atoms with van der Waals surface area (Å²) in [5.41, 5.74) is 5.78. The van der Waals surface area contributed by atoms with Crippen LogP contribution in [0.25, 0.3) is 0 Å². The molecule has 1 aromatic heterocycles. The number of ketones is 1. The molecule has 0 spiro atoms. The molecule has 0 aliphatic heterocycles. The molecule has 2 aromatic rings. The van der Waals surface area contributed by atoms with E-state index in [0.717, 1.165) is 10.9 Å². The van der Waals surface area contributed by atoms with Gasteiger partial charge in [-0.15, -0.1) is 11.3 Å². The van der Waals surface area contributed by atoms with Gasteiger partial charge in [0.25, 0.3) is 0 Å². The van der Waals surface area contributed by atoms with E-state index in [0.29, 0.717) is 5.56 Å². The summed E-state index contributed by atoms with van der Waals surface area (Å²) in [5, 5.41) is 3.01. The normalized spacial score (nSPS) is 11.0. The average molecular weight is 531 g/mol. The molecule has 0 aliphatic carbocycles. The van der Waals surface area contributed by atoms with Crippen molar-refractivity contribution < 1.29 is 23.5 Å². The summed E-state index contributed by atoms with van der Waals surface area (Å²) in [4.78, 5) is 38.2. The molecule has 2 rings (SSSR count). The highest BCUT2D eigenvalue weighted by Gasteiger charge is 2.27. The van der Waals surface area contributed by atoms with Gasteiger partial charge in [-0.3, -0.25) is 14.4 Å². The number of hydrogen-bond donors (Lipinski definition) is 2. The van der Waals surface area contributed by atoms with Crippen LogP contribution in [0.4, 0.5) is 9.39 Å². The number of amides is 1. The van der Waals surface area contributed by atoms with E-state index in [9.17, 15) is 18.8 Å². The molecule has 0 saturated carbocycles. The van der Waals surface area contributed by atoms with Crippen molar-refractivity contribution in [2.75, 3.05) is 5.32 Å². The first kappa shape index (κ1) is 34.9. The average Bonchev–Trinajstić information content (AvgIpc) is 3.02. The maximum atomic E-state index is 14.3. The van der Waals surface area contributed by atoms with Gasteiger partial charge in [-0.2, -0.15) is 0 Å². The Morgan fingerprint density at radius 1 is 1.14 bits per heavy atom. The van der Waals surface area contributed by atoms with Crippen molar-refractivity contribution in [3.8, 4) is 0 Å². The van der Waals surface area contributed by atoms with Gasteiger partial charge in [-0.05, 0) is 58.4 Å². The minimum Gasteiger partial charge on any atom is -0.460 e. The van der Waals surface area contributed by atoms with E-state index in [2.05, 4.69) is 5.32 Å². The van der Waals surface area contributed by atoms with Gasteiger partial charge in [-0.25, -0.2) is 4.39 Å². The lowest BCUT2D eigenvalue weighted by molar-refractivity contribution is -0.155. The first-order valence-corrected chi connectivity index (χ1v) is 12.4. The maximum absolute atomic E-state index is 14.3. The van der Waals surface area contributed by atoms with Crippen LogP contribution in [0.5, 0.6) is 0 Å². The van der Waals surface area contributed by atoms with Gasteiger partial charge < -0.3 is 15.8 Å². The van der Waals surface area contributed by atoms with Crippen LogP contribution in [0, 0.1) is 19.7 Å². The Morgan fingerprint density at radius 2 is 1.69 bits per heavy atom. The van der Waals surface area contributed by atoms with Crippen molar-refractivity contribution in [2.24, 2.45) is 5.73 Å². The predicted molar refractivity (Wildman–Crippen MR) is 145 cm³/mol. The number of benzene rings is 1. The van der Waals surface area contributed by atoms with Crippen LogP contribution in [-0.4, -0.2) is 29.3 Å². The molecule has 1 unspecified atom stereocenters. The van der Waals surface area contributed by atoms with E-state index in [4.69, 9.17) is 22.1 Å². The molecule has 35 heavy (non-hydrogen) atoms. The van der Waals surface area contributed by atoms with Crippen molar-refractivity contribution in [3.63, 3.8) is 0 Å². The minimum absolute atomic E-state index is 0. The van der Waals surface area contributed by atoms with Gasteiger partial charge in [0.05, 0.1) is 23.6 Å². The number of esters is 1. The topological polar surface area (TPSA) is 98.5 Å². The van der Waals surface area contributed by atoms with Gasteiger partial charge in [0, 0.05) is 9.90 Å². The third-order valence-electron chi connectivity index (χ3n) is 4.17. The van der Waals surface area contributed by atoms with Gasteiger partial charge >= 0.3 is 5.97 Å². The van der Waals surface area contributed by atoms with Crippen molar-refractivity contribution in [1.82, 2.24) is 0 Å². The largest absolute Gasteiger partial charge is 0.460 e. The Kier molecular flexibility index (Phi) is 15.6. The Balaban J connectivity index is 0. The fraction of sp³-hybridized carbons (Fsp3) is 0.500. The van der Waals surface area contributed by atoms with Gasteiger partial charge in [0.15, 0.2) is 5.78 Å². The highest BCUT2D eigenvalue weighted by atomic mass is 35.5. The summed E-state index contributed by atoms with van der Waals surface area (Å²) < 4.78 is 19.4. The Morgan fingerprint density at radius 3 is 2.17 bits per heavy atom. The van der Waals surface area contributed by atoms with Crippen LogP contribution < -0.4 is 11.1 Å². The molecule has 1 heterocycles. The lowest BCUT2D eigenvalue weighted by Crippen LogP contribution is -2.39. The zero-order chi connectivity index (χ0) is 26.8. The number of thiophene rings is 1. The maximum Gasteiger partial charge on any atom is 0.308 e. The summed E-state index contributed by atoms with van der Waals surface area (Å²) in [6, 6.07) is 2.60. The van der Waals surface area contributed by atoms with Crippen LogP contribution >= 0.6 is 22.9 Å². The third-order valence-corrected chi connectivity index (χ3v) is 5.53. The van der Waals surface area contributed by atoms with Crippen LogP contribution in [0.3, 0.4) is 0 Å². The smallest absolute Gasteiger partial charge is 0.308 e. The molecule has 198 valence electrons. The second-order valence-electron chi connectivity index (χ2n) is 7.83. The number of carbonyl (C=O) groups is 3. The lowest BCUT2D eigenvalue weighted by Gasteiger charge is -2.20. The van der Waals surface area contributed by atoms with Crippen molar-refractivity contribution in [3.05, 3.63) is 50.6 Å². The highest BCUT2D eigenvalue weighted by Crippen LogP contribution is 2.35. The number of nitrogens with one attached hydrogen (secondary N) is 1. The number of halogens is 2. The second kappa shape index (κ2) is 15.7. The molecular weight excluding hydrogens is 491 g/mol. The molecule has 1 amide bonds. The number of aryl methyl sites for hydroxylation is 1. The number of rotatable bonds is 6. The molecule has 1 aromatic carbocycles. The molecule has 6 nitrogen and oxygen atoms in total. The molecule has 0 aliphatic rings. The van der Waals surface area contributed by atoms with Crippen LogP contribution in [0.1, 0.15) is 88.7 Å². The van der Waals surface area contributed by atoms with Gasteiger partial charge in [-0.1, -0.05) is 46.7 Å². The minimum atomic E-state index is -1.17. The van der Waals surface area contributed by atoms with E-state index in [1.165, 1.54) is 23.5 Å². The van der Waals surface area contributed by atoms with E-state index < -0.39 is 35.1 Å². The number of anilines is 1. The van der Waals surface area contributed by atoms with Crippen molar-refractivity contribution in [2.45, 2.75) is 87.8 Å². The molecule has 0 saturated heterocycles. The Labute approximate surface area is 218 Å². The standard InChI is InChI=1S/C21H24ClFN2O4S.2C2H6.CH4/c1-10-11(2)30-20(17(10)18(27)13-7-6-12(22)8-14(13)23)25-19(28)15(24)9-16(26)29-21(3,4)5;2*1-2;/h6-8,15H,9,24H2,1-5H3,(H,25,28);2*1-2H3;1H4. The lowest BCUT2D eigenvalue weighted by atomic mass is 10.0.